The van der Waals surface area contributed by atoms with Gasteiger partial charge in [0.05, 0.1) is 23.8 Å². The number of hydrogen-bond acceptors (Lipinski definition) is 7. The Morgan fingerprint density at radius 3 is 2.33 bits per heavy atom. The number of aromatic nitrogens is 1. The van der Waals surface area contributed by atoms with Crippen molar-refractivity contribution in [3.63, 3.8) is 0 Å². The fourth-order valence-corrected chi connectivity index (χ4v) is 6.13. The van der Waals surface area contributed by atoms with Crippen molar-refractivity contribution >= 4 is 23.6 Å². The van der Waals surface area contributed by atoms with E-state index in [0.717, 1.165) is 44.2 Å². The molecule has 1 aliphatic heterocycles. The van der Waals surface area contributed by atoms with Crippen LogP contribution in [0.5, 0.6) is 0 Å². The number of carboxylic acid groups (broad SMARTS) is 1. The molecule has 3 aromatic carbocycles. The van der Waals surface area contributed by atoms with Crippen LogP contribution in [-0.2, 0) is 32.2 Å². The summed E-state index contributed by atoms with van der Waals surface area (Å²) in [6, 6.07) is 29.9. The normalized spacial score (nSPS) is 17.9. The van der Waals surface area contributed by atoms with E-state index in [9.17, 15) is 14.7 Å². The Labute approximate surface area is 267 Å². The van der Waals surface area contributed by atoms with Crippen LogP contribution in [0, 0.1) is 0 Å². The zero-order chi connectivity index (χ0) is 31.4. The number of pyridine rings is 1. The molecule has 3 N–H and O–H groups in total. The largest absolute Gasteiger partial charge is 0.481 e. The number of carbonyl (C=O) groups excluding carboxylic acids is 1. The highest BCUT2D eigenvalue weighted by Gasteiger charge is 2.32. The van der Waals surface area contributed by atoms with Crippen molar-refractivity contribution in [2.24, 2.45) is 0 Å². The first kappa shape index (κ1) is 32.4. The molecule has 1 aromatic heterocycles. The molecule has 0 bridgehead atoms. The quantitative estimate of drug-likeness (QED) is 0.103. The number of carboxylic acids is 1. The zero-order valence-corrected chi connectivity index (χ0v) is 25.8. The topological polar surface area (TPSA) is 118 Å². The predicted molar refractivity (Wildman–Crippen MR) is 173 cm³/mol. The number of benzene rings is 3. The van der Waals surface area contributed by atoms with E-state index in [1.165, 1.54) is 0 Å². The third-order valence-corrected chi connectivity index (χ3v) is 8.78. The minimum atomic E-state index is -0.843. The summed E-state index contributed by atoms with van der Waals surface area (Å²) in [4.78, 5) is 27.5. The Hall–Kier alpha value is -4.02. The fourth-order valence-electron chi connectivity index (χ4n) is 5.25. The first-order chi connectivity index (χ1) is 22.0. The molecular formula is C36H38N2O6S. The van der Waals surface area contributed by atoms with Crippen LogP contribution in [0.25, 0.3) is 11.1 Å². The molecule has 9 heteroatoms. The second-order valence-electron chi connectivity index (χ2n) is 11.0. The minimum Gasteiger partial charge on any atom is -0.481 e. The number of nitrogens with one attached hydrogen (secondary N) is 1. The highest BCUT2D eigenvalue weighted by molar-refractivity contribution is 7.99. The molecule has 3 atom stereocenters. The van der Waals surface area contributed by atoms with Crippen LogP contribution in [0.1, 0.15) is 66.8 Å². The number of rotatable bonds is 14. The van der Waals surface area contributed by atoms with Crippen molar-refractivity contribution in [3.05, 3.63) is 119 Å². The van der Waals surface area contributed by atoms with E-state index in [1.807, 2.05) is 91.0 Å². The second-order valence-corrected chi connectivity index (χ2v) is 12.0. The molecule has 45 heavy (non-hydrogen) atoms. The Morgan fingerprint density at radius 2 is 1.60 bits per heavy atom. The maximum absolute atomic E-state index is 12.3. The summed E-state index contributed by atoms with van der Waals surface area (Å²) in [5.74, 6) is -0.197. The molecule has 4 aromatic rings. The van der Waals surface area contributed by atoms with E-state index in [1.54, 1.807) is 18.0 Å². The number of unbranched alkanes of at least 4 members (excludes halogenated alkanes) is 1. The molecule has 1 aliphatic rings. The molecule has 0 unspecified atom stereocenters. The summed E-state index contributed by atoms with van der Waals surface area (Å²) < 4.78 is 13.0. The lowest BCUT2D eigenvalue weighted by atomic mass is 9.97. The van der Waals surface area contributed by atoms with Gasteiger partial charge in [-0.2, -0.15) is 0 Å². The van der Waals surface area contributed by atoms with Crippen molar-refractivity contribution in [1.29, 1.82) is 0 Å². The smallest absolute Gasteiger partial charge is 0.303 e. The van der Waals surface area contributed by atoms with Gasteiger partial charge in [0, 0.05) is 43.3 Å². The van der Waals surface area contributed by atoms with E-state index < -0.39 is 12.3 Å². The molecule has 1 saturated heterocycles. The number of hydrogen-bond donors (Lipinski definition) is 3. The number of nitrogens with zero attached hydrogens (tertiary/aromatic N) is 1. The Kier molecular flexibility index (Phi) is 11.8. The van der Waals surface area contributed by atoms with Crippen LogP contribution >= 0.6 is 11.8 Å². The molecule has 1 fully saturated rings. The lowest BCUT2D eigenvalue weighted by Crippen LogP contribution is -2.31. The Morgan fingerprint density at radius 1 is 0.867 bits per heavy atom. The summed E-state index contributed by atoms with van der Waals surface area (Å²) in [6.07, 6.45) is 3.12. The van der Waals surface area contributed by atoms with Crippen molar-refractivity contribution in [3.8, 4) is 11.1 Å². The highest BCUT2D eigenvalue weighted by Crippen LogP contribution is 2.40. The number of carbonyl (C=O) groups is 2. The maximum atomic E-state index is 12.3. The average Bonchev–Trinajstić information content (AvgIpc) is 3.09. The first-order valence-corrected chi connectivity index (χ1v) is 16.2. The SMILES string of the molecule is O=C(O)CCCCC(=O)NCc1ccccc1-c1ccc([C@H]2O[C@@H](CSc3ccccn3)C[C@@H](c3ccc(CO)cc3)O2)cc1. The molecule has 2 heterocycles. The van der Waals surface area contributed by atoms with Gasteiger partial charge in [0.25, 0.3) is 0 Å². The van der Waals surface area contributed by atoms with Gasteiger partial charge in [-0.15, -0.1) is 11.8 Å². The summed E-state index contributed by atoms with van der Waals surface area (Å²) in [5, 5.41) is 22.2. The van der Waals surface area contributed by atoms with E-state index in [-0.39, 0.29) is 31.1 Å². The van der Waals surface area contributed by atoms with Gasteiger partial charge in [-0.1, -0.05) is 78.9 Å². The molecule has 5 rings (SSSR count). The van der Waals surface area contributed by atoms with Crippen molar-refractivity contribution in [2.45, 2.75) is 68.8 Å². The summed E-state index contributed by atoms with van der Waals surface area (Å²) in [6.45, 7) is 0.383. The van der Waals surface area contributed by atoms with Crippen LogP contribution in [0.4, 0.5) is 0 Å². The fraction of sp³-hybridized carbons (Fsp3) is 0.306. The number of thioether (sulfide) groups is 1. The first-order valence-electron chi connectivity index (χ1n) is 15.2. The van der Waals surface area contributed by atoms with E-state index in [4.69, 9.17) is 14.6 Å². The number of amides is 1. The molecule has 8 nitrogen and oxygen atoms in total. The third kappa shape index (κ3) is 9.48. The Balaban J connectivity index is 1.27. The number of aliphatic carboxylic acids is 1. The van der Waals surface area contributed by atoms with Crippen LogP contribution in [0.2, 0.25) is 0 Å². The van der Waals surface area contributed by atoms with Crippen molar-refractivity contribution in [2.75, 3.05) is 5.75 Å². The van der Waals surface area contributed by atoms with Gasteiger partial charge in [0.2, 0.25) is 5.91 Å². The summed E-state index contributed by atoms with van der Waals surface area (Å²) >= 11 is 1.66. The average molecular weight is 627 g/mol. The van der Waals surface area contributed by atoms with Crippen LogP contribution in [-0.4, -0.2) is 38.9 Å². The number of ether oxygens (including phenoxy) is 2. The van der Waals surface area contributed by atoms with E-state index in [2.05, 4.69) is 10.3 Å². The molecular weight excluding hydrogens is 588 g/mol. The standard InChI is InChI=1S/C36H38N2O6S/c39-23-25-12-14-27(15-13-25)32-21-30(24-45-34-10-5-6-20-37-34)43-36(44-32)28-18-16-26(17-19-28)31-8-2-1-7-29(31)22-38-33(40)9-3-4-11-35(41)42/h1-2,5-8,10,12-20,30,32,36,39H,3-4,9,11,21-24H2,(H,38,40)(H,41,42)/t30-,32+,36+/m1/s1. The van der Waals surface area contributed by atoms with Gasteiger partial charge in [0.1, 0.15) is 0 Å². The zero-order valence-electron chi connectivity index (χ0n) is 25.0. The van der Waals surface area contributed by atoms with Gasteiger partial charge >= 0.3 is 5.97 Å². The number of aliphatic hydroxyl groups excluding tert-OH is 1. The summed E-state index contributed by atoms with van der Waals surface area (Å²) in [7, 11) is 0. The monoisotopic (exact) mass is 626 g/mol. The lowest BCUT2D eigenvalue weighted by Gasteiger charge is -2.36. The summed E-state index contributed by atoms with van der Waals surface area (Å²) in [5.41, 5.74) is 5.84. The molecule has 1 amide bonds. The Bertz CT molecular complexity index is 1530. The lowest BCUT2D eigenvalue weighted by molar-refractivity contribution is -0.245. The van der Waals surface area contributed by atoms with Crippen LogP contribution in [0.15, 0.2) is 102 Å². The minimum absolute atomic E-state index is 0.00265. The van der Waals surface area contributed by atoms with Crippen LogP contribution < -0.4 is 5.32 Å². The predicted octanol–water partition coefficient (Wildman–Crippen LogP) is 6.84. The highest BCUT2D eigenvalue weighted by atomic mass is 32.2. The molecule has 0 saturated carbocycles. The molecule has 0 aliphatic carbocycles. The van der Waals surface area contributed by atoms with Crippen molar-refractivity contribution < 1.29 is 29.3 Å². The number of aliphatic hydroxyl groups is 1. The molecule has 0 radical (unpaired) electrons. The van der Waals surface area contributed by atoms with Gasteiger partial charge in [-0.05, 0) is 52.8 Å². The molecule has 234 valence electrons. The van der Waals surface area contributed by atoms with Gasteiger partial charge in [-0.25, -0.2) is 4.98 Å². The van der Waals surface area contributed by atoms with E-state index >= 15 is 0 Å². The molecule has 0 spiro atoms. The van der Waals surface area contributed by atoms with Gasteiger partial charge in [0.15, 0.2) is 6.29 Å². The van der Waals surface area contributed by atoms with E-state index in [0.29, 0.717) is 32.2 Å². The maximum Gasteiger partial charge on any atom is 0.303 e. The van der Waals surface area contributed by atoms with Crippen molar-refractivity contribution in [1.82, 2.24) is 10.3 Å². The van der Waals surface area contributed by atoms with Gasteiger partial charge in [-0.3, -0.25) is 9.59 Å². The van der Waals surface area contributed by atoms with Crippen LogP contribution in [0.3, 0.4) is 0 Å². The third-order valence-electron chi connectivity index (χ3n) is 7.70. The second kappa shape index (κ2) is 16.3. The van der Waals surface area contributed by atoms with Gasteiger partial charge < -0.3 is 25.0 Å².